The van der Waals surface area contributed by atoms with Gasteiger partial charge in [0.2, 0.25) is 5.91 Å². The molecule has 5 nitrogen and oxygen atoms in total. The third-order valence-electron chi connectivity index (χ3n) is 2.86. The van der Waals surface area contributed by atoms with Crippen molar-refractivity contribution in [1.29, 1.82) is 0 Å². The Kier molecular flexibility index (Phi) is 3.01. The van der Waals surface area contributed by atoms with Gasteiger partial charge in [-0.15, -0.1) is 0 Å². The van der Waals surface area contributed by atoms with Gasteiger partial charge >= 0.3 is 0 Å². The molecule has 4 N–H and O–H groups in total. The Labute approximate surface area is 88.4 Å². The Morgan fingerprint density at radius 3 is 3.13 bits per heavy atom. The van der Waals surface area contributed by atoms with E-state index in [0.29, 0.717) is 6.54 Å². The lowest BCUT2D eigenvalue weighted by Crippen LogP contribution is -2.30. The van der Waals surface area contributed by atoms with E-state index in [2.05, 4.69) is 15.5 Å². The van der Waals surface area contributed by atoms with Crippen molar-refractivity contribution in [2.45, 2.75) is 31.8 Å². The van der Waals surface area contributed by atoms with E-state index in [1.807, 2.05) is 6.07 Å². The maximum Gasteiger partial charge on any atom is 0.223 e. The summed E-state index contributed by atoms with van der Waals surface area (Å²) in [5.74, 6) is 0.209. The topological polar surface area (TPSA) is 83.8 Å². The van der Waals surface area contributed by atoms with Crippen LogP contribution in [-0.4, -0.2) is 22.1 Å². The van der Waals surface area contributed by atoms with Crippen LogP contribution in [0.5, 0.6) is 0 Å². The average Bonchev–Trinajstić information content (AvgIpc) is 2.84. The third kappa shape index (κ3) is 2.56. The van der Waals surface area contributed by atoms with Gasteiger partial charge < -0.3 is 11.1 Å². The van der Waals surface area contributed by atoms with Crippen LogP contribution in [0.25, 0.3) is 0 Å². The van der Waals surface area contributed by atoms with E-state index in [0.717, 1.165) is 25.0 Å². The van der Waals surface area contributed by atoms with Gasteiger partial charge in [0.1, 0.15) is 0 Å². The van der Waals surface area contributed by atoms with E-state index < -0.39 is 0 Å². The first-order valence-electron chi connectivity index (χ1n) is 5.27. The summed E-state index contributed by atoms with van der Waals surface area (Å²) in [4.78, 5) is 11.7. The summed E-state index contributed by atoms with van der Waals surface area (Å²) >= 11 is 0. The summed E-state index contributed by atoms with van der Waals surface area (Å²) in [5.41, 5.74) is 6.68. The predicted molar refractivity (Wildman–Crippen MR) is 55.8 cm³/mol. The van der Waals surface area contributed by atoms with E-state index in [1.165, 1.54) is 0 Å². The van der Waals surface area contributed by atoms with E-state index in [4.69, 9.17) is 5.73 Å². The van der Waals surface area contributed by atoms with Crippen molar-refractivity contribution < 1.29 is 4.79 Å². The zero-order chi connectivity index (χ0) is 10.7. The van der Waals surface area contributed by atoms with E-state index >= 15 is 0 Å². The molecule has 0 radical (unpaired) electrons. The molecule has 1 saturated carbocycles. The summed E-state index contributed by atoms with van der Waals surface area (Å²) in [6.45, 7) is 0.518. The second kappa shape index (κ2) is 4.44. The lowest BCUT2D eigenvalue weighted by Gasteiger charge is -2.09. The fourth-order valence-corrected chi connectivity index (χ4v) is 1.96. The molecule has 1 heterocycles. The number of aromatic amines is 1. The quantitative estimate of drug-likeness (QED) is 0.661. The number of rotatable bonds is 3. The molecule has 0 aliphatic heterocycles. The number of amides is 1. The number of aromatic nitrogens is 2. The smallest absolute Gasteiger partial charge is 0.223 e. The van der Waals surface area contributed by atoms with Gasteiger partial charge in [0.05, 0.1) is 12.2 Å². The Bertz CT molecular complexity index is 322. The maximum absolute atomic E-state index is 11.7. The number of nitrogens with two attached hydrogens (primary N) is 1. The Morgan fingerprint density at radius 2 is 2.53 bits per heavy atom. The number of carbonyl (C=O) groups is 1. The number of nitrogens with one attached hydrogen (secondary N) is 2. The molecule has 1 amide bonds. The molecule has 1 aromatic rings. The molecule has 82 valence electrons. The molecule has 0 aromatic carbocycles. The molecular formula is C10H16N4O. The summed E-state index contributed by atoms with van der Waals surface area (Å²) in [6.07, 6.45) is 4.36. The third-order valence-corrected chi connectivity index (χ3v) is 2.86. The fourth-order valence-electron chi connectivity index (χ4n) is 1.96. The van der Waals surface area contributed by atoms with Crippen molar-refractivity contribution in [1.82, 2.24) is 15.5 Å². The van der Waals surface area contributed by atoms with Gasteiger partial charge in [-0.3, -0.25) is 9.89 Å². The molecule has 1 aliphatic carbocycles. The van der Waals surface area contributed by atoms with Gasteiger partial charge in [-0.25, -0.2) is 0 Å². The first-order valence-corrected chi connectivity index (χ1v) is 5.27. The lowest BCUT2D eigenvalue weighted by molar-refractivity contribution is -0.125. The molecule has 2 atom stereocenters. The van der Waals surface area contributed by atoms with Crippen molar-refractivity contribution in [3.8, 4) is 0 Å². The number of carbonyl (C=O) groups excluding carboxylic acids is 1. The van der Waals surface area contributed by atoms with Gasteiger partial charge in [-0.05, 0) is 25.3 Å². The molecule has 0 bridgehead atoms. The molecule has 0 spiro atoms. The molecule has 0 saturated heterocycles. The van der Waals surface area contributed by atoms with Crippen LogP contribution in [0.2, 0.25) is 0 Å². The highest BCUT2D eigenvalue weighted by atomic mass is 16.1. The van der Waals surface area contributed by atoms with Gasteiger partial charge in [0.15, 0.2) is 0 Å². The van der Waals surface area contributed by atoms with Crippen molar-refractivity contribution in [3.05, 3.63) is 18.0 Å². The van der Waals surface area contributed by atoms with Crippen LogP contribution < -0.4 is 11.1 Å². The molecule has 1 aromatic heterocycles. The van der Waals surface area contributed by atoms with Crippen LogP contribution in [0.4, 0.5) is 0 Å². The van der Waals surface area contributed by atoms with Gasteiger partial charge in [0.25, 0.3) is 0 Å². The molecule has 2 rings (SSSR count). The molecule has 1 fully saturated rings. The maximum atomic E-state index is 11.7. The van der Waals surface area contributed by atoms with Crippen molar-refractivity contribution in [3.63, 3.8) is 0 Å². The second-order valence-corrected chi connectivity index (χ2v) is 4.07. The molecule has 15 heavy (non-hydrogen) atoms. The monoisotopic (exact) mass is 208 g/mol. The van der Waals surface area contributed by atoms with Crippen LogP contribution >= 0.6 is 0 Å². The SMILES string of the molecule is NC1CCC(C(=O)NCc2ccn[nH]2)C1. The largest absolute Gasteiger partial charge is 0.350 e. The standard InChI is InChI=1S/C10H16N4O/c11-8-2-1-7(5-8)10(15)12-6-9-3-4-13-14-9/h3-4,7-8H,1-2,5-6,11H2,(H,12,15)(H,13,14). The molecule has 2 unspecified atom stereocenters. The Balaban J connectivity index is 1.78. The minimum absolute atomic E-state index is 0.0999. The molecule has 1 aliphatic rings. The number of hydrogen-bond acceptors (Lipinski definition) is 3. The van der Waals surface area contributed by atoms with Gasteiger partial charge in [0, 0.05) is 18.2 Å². The van der Waals surface area contributed by atoms with Gasteiger partial charge in [-0.2, -0.15) is 5.10 Å². The minimum atomic E-state index is 0.0999. The van der Waals surface area contributed by atoms with Crippen LogP contribution in [0, 0.1) is 5.92 Å². The minimum Gasteiger partial charge on any atom is -0.350 e. The number of nitrogens with zero attached hydrogens (tertiary/aromatic N) is 1. The highest BCUT2D eigenvalue weighted by Gasteiger charge is 2.27. The Hall–Kier alpha value is -1.36. The summed E-state index contributed by atoms with van der Waals surface area (Å²) < 4.78 is 0. The lowest BCUT2D eigenvalue weighted by atomic mass is 10.1. The molecule has 5 heteroatoms. The van der Waals surface area contributed by atoms with Crippen LogP contribution in [0.1, 0.15) is 25.0 Å². The number of H-pyrrole nitrogens is 1. The van der Waals surface area contributed by atoms with Crippen LogP contribution in [0.3, 0.4) is 0 Å². The highest BCUT2D eigenvalue weighted by molar-refractivity contribution is 5.78. The number of hydrogen-bond donors (Lipinski definition) is 3. The summed E-state index contributed by atoms with van der Waals surface area (Å²) in [6, 6.07) is 2.05. The van der Waals surface area contributed by atoms with E-state index in [1.54, 1.807) is 6.20 Å². The highest BCUT2D eigenvalue weighted by Crippen LogP contribution is 2.23. The first-order chi connectivity index (χ1) is 7.25. The zero-order valence-electron chi connectivity index (χ0n) is 8.57. The fraction of sp³-hybridized carbons (Fsp3) is 0.600. The average molecular weight is 208 g/mol. The van der Waals surface area contributed by atoms with Crippen molar-refractivity contribution >= 4 is 5.91 Å². The molecular weight excluding hydrogens is 192 g/mol. The van der Waals surface area contributed by atoms with Crippen LogP contribution in [-0.2, 0) is 11.3 Å². The zero-order valence-corrected chi connectivity index (χ0v) is 8.57. The Morgan fingerprint density at radius 1 is 1.67 bits per heavy atom. The predicted octanol–water partition coefficient (Wildman–Crippen LogP) is 0.153. The normalized spacial score (nSPS) is 25.4. The van der Waals surface area contributed by atoms with E-state index in [9.17, 15) is 4.79 Å². The second-order valence-electron chi connectivity index (χ2n) is 4.07. The first kappa shape index (κ1) is 10.2. The van der Waals surface area contributed by atoms with Crippen molar-refractivity contribution in [2.24, 2.45) is 11.7 Å². The van der Waals surface area contributed by atoms with Crippen LogP contribution in [0.15, 0.2) is 12.3 Å². The van der Waals surface area contributed by atoms with E-state index in [-0.39, 0.29) is 17.9 Å². The summed E-state index contributed by atoms with van der Waals surface area (Å²) in [7, 11) is 0. The summed E-state index contributed by atoms with van der Waals surface area (Å²) in [5, 5.41) is 9.50. The van der Waals surface area contributed by atoms with Crippen molar-refractivity contribution in [2.75, 3.05) is 0 Å². The van der Waals surface area contributed by atoms with Gasteiger partial charge in [-0.1, -0.05) is 0 Å².